The Morgan fingerprint density at radius 2 is 0.873 bits per heavy atom. The molecule has 0 saturated carbocycles. The van der Waals surface area contributed by atoms with E-state index in [0.717, 1.165) is 121 Å². The van der Waals surface area contributed by atoms with Crippen molar-refractivity contribution in [2.24, 2.45) is 0 Å². The molecule has 0 saturated heterocycles. The van der Waals surface area contributed by atoms with Crippen molar-refractivity contribution in [3.8, 4) is 56.4 Å². The van der Waals surface area contributed by atoms with Gasteiger partial charge in [-0.15, -0.1) is 0 Å². The maximum absolute atomic E-state index is 7.03. The molecule has 292 valence electrons. The first-order chi connectivity index (χ1) is 31.2. The fourth-order valence-electron chi connectivity index (χ4n) is 9.94. The van der Waals surface area contributed by atoms with Crippen molar-refractivity contribution >= 4 is 82.0 Å². The number of rotatable bonds is 5. The standard InChI is InChI=1S/C57H32N4O2/c1-3-14-33(15-4-1)36-28-37(34-16-5-2-6-17-34)30-38(29-36)56-58-55(35-26-27-42-41-20-9-12-24-48(41)62-50(42)31-35)59-57(60-56)45-32-44-40-19-8-11-23-47(40)61-46-22-10-7-18-39(46)43-21-13-25-49-51(43)52(53(44)61)54(45)63-49/h1-32H. The zero-order valence-electron chi connectivity index (χ0n) is 33.6. The summed E-state index contributed by atoms with van der Waals surface area (Å²) in [4.78, 5) is 16.1. The number of fused-ring (bicyclic) bond motifs is 9. The molecule has 0 atom stereocenters. The summed E-state index contributed by atoms with van der Waals surface area (Å²) in [6, 6.07) is 67.9. The van der Waals surface area contributed by atoms with E-state index in [-0.39, 0.29) is 0 Å². The van der Waals surface area contributed by atoms with E-state index in [2.05, 4.69) is 162 Å². The van der Waals surface area contributed by atoms with E-state index < -0.39 is 0 Å². The molecule has 6 heteroatoms. The van der Waals surface area contributed by atoms with Crippen LogP contribution in [-0.2, 0) is 0 Å². The lowest BCUT2D eigenvalue weighted by molar-refractivity contribution is 0.668. The Morgan fingerprint density at radius 1 is 0.317 bits per heavy atom. The lowest BCUT2D eigenvalue weighted by Crippen LogP contribution is -2.01. The third-order valence-electron chi connectivity index (χ3n) is 12.8. The highest BCUT2D eigenvalue weighted by Gasteiger charge is 2.26. The molecular weight excluding hydrogens is 773 g/mol. The van der Waals surface area contributed by atoms with Gasteiger partial charge >= 0.3 is 0 Å². The van der Waals surface area contributed by atoms with Gasteiger partial charge < -0.3 is 13.2 Å². The Balaban J connectivity index is 1.10. The normalized spacial score (nSPS) is 12.1. The van der Waals surface area contributed by atoms with Crippen LogP contribution in [0.2, 0.25) is 0 Å². The molecule has 0 bridgehead atoms. The van der Waals surface area contributed by atoms with Gasteiger partial charge in [0.05, 0.1) is 27.5 Å². The molecule has 0 amide bonds. The molecule has 14 rings (SSSR count). The summed E-state index contributed by atoms with van der Waals surface area (Å²) in [5.74, 6) is 1.61. The zero-order chi connectivity index (χ0) is 41.2. The minimum absolute atomic E-state index is 0.521. The maximum Gasteiger partial charge on any atom is 0.167 e. The predicted molar refractivity (Wildman–Crippen MR) is 256 cm³/mol. The average molecular weight is 805 g/mol. The Morgan fingerprint density at radius 3 is 1.60 bits per heavy atom. The summed E-state index contributed by atoms with van der Waals surface area (Å²) < 4.78 is 15.9. The first kappa shape index (κ1) is 34.1. The van der Waals surface area contributed by atoms with Crippen LogP contribution in [0.5, 0.6) is 0 Å². The highest BCUT2D eigenvalue weighted by molar-refractivity contribution is 6.33. The van der Waals surface area contributed by atoms with Crippen molar-refractivity contribution in [1.29, 1.82) is 0 Å². The van der Waals surface area contributed by atoms with Crippen LogP contribution in [0.4, 0.5) is 0 Å². The molecule has 5 aromatic heterocycles. The van der Waals surface area contributed by atoms with Crippen LogP contribution in [0, 0.1) is 0 Å². The van der Waals surface area contributed by atoms with Crippen LogP contribution in [0.15, 0.2) is 203 Å². The molecule has 0 radical (unpaired) electrons. The third-order valence-corrected chi connectivity index (χ3v) is 12.8. The van der Waals surface area contributed by atoms with Gasteiger partial charge in [0.25, 0.3) is 0 Å². The minimum Gasteiger partial charge on any atom is -0.456 e. The van der Waals surface area contributed by atoms with E-state index in [9.17, 15) is 0 Å². The lowest BCUT2D eigenvalue weighted by atomic mass is 9.95. The molecule has 0 aliphatic rings. The van der Waals surface area contributed by atoms with E-state index >= 15 is 0 Å². The topological polar surface area (TPSA) is 69.4 Å². The number of para-hydroxylation sites is 3. The Bertz CT molecular complexity index is 4090. The van der Waals surface area contributed by atoms with Crippen molar-refractivity contribution in [3.05, 3.63) is 194 Å². The molecule has 14 aromatic rings. The molecule has 0 fully saturated rings. The number of benzene rings is 9. The predicted octanol–water partition coefficient (Wildman–Crippen LogP) is 15.2. The molecular formula is C57H32N4O2. The number of hydrogen-bond donors (Lipinski definition) is 0. The summed E-state index contributed by atoms with van der Waals surface area (Å²) in [5, 5.41) is 8.78. The number of aromatic nitrogens is 4. The van der Waals surface area contributed by atoms with Gasteiger partial charge in [0.15, 0.2) is 17.5 Å². The SMILES string of the molecule is c1ccc(-c2cc(-c3ccccc3)cc(-c3nc(-c4ccc5c(c4)oc4ccccc45)nc(-c4cc5c6ccccc6n6c7ccccc7c7cccc8oc4c(c87)c56)n3)c2)cc1. The smallest absolute Gasteiger partial charge is 0.167 e. The summed E-state index contributed by atoms with van der Waals surface area (Å²) in [5.41, 5.74) is 13.4. The summed E-state index contributed by atoms with van der Waals surface area (Å²) in [6.45, 7) is 0. The largest absolute Gasteiger partial charge is 0.456 e. The summed E-state index contributed by atoms with van der Waals surface area (Å²) in [7, 11) is 0. The number of furan rings is 2. The fourth-order valence-corrected chi connectivity index (χ4v) is 9.94. The van der Waals surface area contributed by atoms with E-state index in [1.54, 1.807) is 0 Å². The maximum atomic E-state index is 7.03. The number of hydrogen-bond acceptors (Lipinski definition) is 5. The van der Waals surface area contributed by atoms with E-state index in [1.165, 1.54) is 0 Å². The van der Waals surface area contributed by atoms with Gasteiger partial charge in [-0.2, -0.15) is 0 Å². The molecule has 0 aliphatic carbocycles. The second-order valence-corrected chi connectivity index (χ2v) is 16.3. The monoisotopic (exact) mass is 804 g/mol. The third kappa shape index (κ3) is 5.03. The summed E-state index contributed by atoms with van der Waals surface area (Å²) in [6.07, 6.45) is 0. The summed E-state index contributed by atoms with van der Waals surface area (Å²) >= 11 is 0. The quantitative estimate of drug-likeness (QED) is 0.173. The van der Waals surface area contributed by atoms with Crippen LogP contribution in [0.3, 0.4) is 0 Å². The van der Waals surface area contributed by atoms with Gasteiger partial charge in [-0.1, -0.05) is 133 Å². The van der Waals surface area contributed by atoms with Crippen LogP contribution >= 0.6 is 0 Å². The molecule has 5 heterocycles. The van der Waals surface area contributed by atoms with Crippen molar-refractivity contribution in [3.63, 3.8) is 0 Å². The van der Waals surface area contributed by atoms with E-state index in [0.29, 0.717) is 17.5 Å². The first-order valence-electron chi connectivity index (χ1n) is 21.2. The molecule has 6 nitrogen and oxygen atoms in total. The molecule has 9 aromatic carbocycles. The average Bonchev–Trinajstić information content (AvgIpc) is 4.01. The van der Waals surface area contributed by atoms with Crippen LogP contribution in [0.25, 0.3) is 138 Å². The fraction of sp³-hybridized carbons (Fsp3) is 0. The van der Waals surface area contributed by atoms with E-state index in [4.69, 9.17) is 23.8 Å². The second-order valence-electron chi connectivity index (χ2n) is 16.3. The minimum atomic E-state index is 0.521. The van der Waals surface area contributed by atoms with Gasteiger partial charge in [-0.25, -0.2) is 15.0 Å². The van der Waals surface area contributed by atoms with E-state index in [1.807, 2.05) is 36.4 Å². The Hall–Kier alpha value is -8.61. The van der Waals surface area contributed by atoms with Gasteiger partial charge in [0.1, 0.15) is 22.3 Å². The molecule has 63 heavy (non-hydrogen) atoms. The Labute approximate surface area is 359 Å². The number of nitrogens with zero attached hydrogens (tertiary/aromatic N) is 4. The highest BCUT2D eigenvalue weighted by Crippen LogP contribution is 2.47. The van der Waals surface area contributed by atoms with Gasteiger partial charge in [-0.3, -0.25) is 0 Å². The molecule has 0 spiro atoms. The van der Waals surface area contributed by atoms with Crippen molar-refractivity contribution < 1.29 is 8.83 Å². The molecule has 0 unspecified atom stereocenters. The van der Waals surface area contributed by atoms with Crippen molar-refractivity contribution in [2.75, 3.05) is 0 Å². The second kappa shape index (κ2) is 12.9. The molecule has 0 aliphatic heterocycles. The van der Waals surface area contributed by atoms with Gasteiger partial charge in [-0.05, 0) is 88.3 Å². The van der Waals surface area contributed by atoms with Crippen molar-refractivity contribution in [2.45, 2.75) is 0 Å². The highest BCUT2D eigenvalue weighted by atomic mass is 16.3. The zero-order valence-corrected chi connectivity index (χ0v) is 33.6. The van der Waals surface area contributed by atoms with Crippen LogP contribution in [-0.4, -0.2) is 19.4 Å². The molecule has 0 N–H and O–H groups in total. The Kier molecular flexibility index (Phi) is 7.02. The van der Waals surface area contributed by atoms with Crippen LogP contribution in [0.1, 0.15) is 0 Å². The van der Waals surface area contributed by atoms with Crippen LogP contribution < -0.4 is 0 Å². The van der Waals surface area contributed by atoms with Gasteiger partial charge in [0.2, 0.25) is 0 Å². The lowest BCUT2D eigenvalue weighted by Gasteiger charge is -2.13. The van der Waals surface area contributed by atoms with Crippen molar-refractivity contribution in [1.82, 2.24) is 19.4 Å². The first-order valence-corrected chi connectivity index (χ1v) is 21.2. The van der Waals surface area contributed by atoms with Gasteiger partial charge in [0, 0.05) is 43.4 Å².